The molecule has 642 valence electrons. The van der Waals surface area contributed by atoms with Gasteiger partial charge in [0.25, 0.3) is 0 Å². The molecule has 0 saturated heterocycles. The molecule has 0 aliphatic heterocycles. The van der Waals surface area contributed by atoms with Gasteiger partial charge in [-0.1, -0.05) is 376 Å². The topological polar surface area (TPSA) is 94.0 Å². The highest BCUT2D eigenvalue weighted by Crippen LogP contribution is 2.54. The van der Waals surface area contributed by atoms with Gasteiger partial charge in [0, 0.05) is 98.0 Å². The fourth-order valence-electron chi connectivity index (χ4n) is 22.1. The summed E-state index contributed by atoms with van der Waals surface area (Å²) in [6, 6.07) is 173. The van der Waals surface area contributed by atoms with Gasteiger partial charge in [0.2, 0.25) is 0 Å². The highest BCUT2D eigenvalue weighted by atomic mass is 15.2. The maximum atomic E-state index is 6.55. The van der Waals surface area contributed by atoms with Gasteiger partial charge in [0.05, 0.1) is 94.5 Å². The summed E-state index contributed by atoms with van der Waals surface area (Å²) >= 11 is 0. The molecule has 28 rings (SSSR count). The Morgan fingerprint density at radius 3 is 0.746 bits per heavy atom. The van der Waals surface area contributed by atoms with E-state index in [0.717, 1.165) is 249 Å². The standard InChI is InChI=1S/C127H79N11/c1-6-39-80(40-7-1)88-77-101(81-41-8-2-9-42-81)128-104(78-88)119-117(83-45-12-4-13-46-83)124(135-109-66-31-20-55-93(109)94-56-21-32-67-110(94)135)131-126(121(119)133-105-62-27-16-51-89(105)90-52-17-28-63-106(90)133)138-115-72-37-26-61-99(115)100-76-86(73-74-116(100)138)85-49-38-50-87(75-85)103-79-102(82-43-10-3-11-44-82)129-123(130-103)120-118(84-47-14-5-15-48-84)125(136-111-68-33-22-57-95(111)96-58-23-34-69-112(96)136)132-127(137-113-70-35-24-59-97(113)98-60-25-36-71-114(98)137)122(120)134-107-64-29-18-53-91(107)92-54-19-30-65-108(92)134/h1-79H. The van der Waals surface area contributed by atoms with E-state index in [-0.39, 0.29) is 0 Å². The number of rotatable bonds is 15. The molecule has 0 N–H and O–H groups in total. The van der Waals surface area contributed by atoms with Crippen molar-refractivity contribution in [1.82, 2.24) is 52.3 Å². The van der Waals surface area contributed by atoms with Crippen LogP contribution in [0.5, 0.6) is 0 Å². The average molecular weight is 1760 g/mol. The second kappa shape index (κ2) is 31.5. The number of pyridine rings is 3. The number of aromatic nitrogens is 11. The van der Waals surface area contributed by atoms with Crippen LogP contribution in [0.25, 0.3) is 266 Å². The SMILES string of the molecule is c1ccc(-c2cc(-c3ccccc3)nc(-c3c(-c4ccccc4)c(-n4c5ccccc5c5ccccc54)nc(-n4c5ccccc5c5cc(-c6cccc(-c7cc(-c8ccccc8)nc(-c8c(-c9ccccc9)c(-n9c%10ccccc%10c%10ccccc%109)nc(-n9c%10ccccc%10c%10ccccc%109)c8-n8c9ccccc9c9ccccc98)n7)c6)ccc54)c3-n3c4ccccc4c4ccccc43)c2)cc1. The summed E-state index contributed by atoms with van der Waals surface area (Å²) in [7, 11) is 0. The van der Waals surface area contributed by atoms with Crippen LogP contribution in [0.1, 0.15) is 0 Å². The zero-order valence-electron chi connectivity index (χ0n) is 74.5. The van der Waals surface area contributed by atoms with Crippen LogP contribution in [0.3, 0.4) is 0 Å². The van der Waals surface area contributed by atoms with Crippen LogP contribution in [-0.2, 0) is 0 Å². The first kappa shape index (κ1) is 78.0. The van der Waals surface area contributed by atoms with Gasteiger partial charge in [-0.2, -0.15) is 0 Å². The summed E-state index contributed by atoms with van der Waals surface area (Å²) in [5, 5.41) is 13.2. The van der Waals surface area contributed by atoms with E-state index in [4.69, 9.17) is 24.9 Å². The van der Waals surface area contributed by atoms with Crippen molar-refractivity contribution in [2.45, 2.75) is 0 Å². The smallest absolute Gasteiger partial charge is 0.165 e. The zero-order chi connectivity index (χ0) is 90.6. The van der Waals surface area contributed by atoms with Crippen molar-refractivity contribution in [3.8, 4) is 136 Å². The van der Waals surface area contributed by atoms with E-state index in [1.54, 1.807) is 0 Å². The normalized spacial score (nSPS) is 11.9. The number of para-hydroxylation sites is 11. The Hall–Kier alpha value is -18.7. The Labute approximate surface area is 792 Å². The molecule has 0 fully saturated rings. The molecule has 10 aromatic heterocycles. The first-order chi connectivity index (χ1) is 68.5. The number of fused-ring (bicyclic) bond motifs is 18. The molecular weight excluding hydrogens is 1680 g/mol. The summed E-state index contributed by atoms with van der Waals surface area (Å²) in [6.45, 7) is 0. The van der Waals surface area contributed by atoms with Gasteiger partial charge in [0.1, 0.15) is 23.0 Å². The predicted octanol–water partition coefficient (Wildman–Crippen LogP) is 32.2. The lowest BCUT2D eigenvalue weighted by atomic mass is 9.93. The minimum absolute atomic E-state index is 0.514. The zero-order valence-corrected chi connectivity index (χ0v) is 74.5. The molecule has 0 amide bonds. The number of hydrogen-bond donors (Lipinski definition) is 0. The van der Waals surface area contributed by atoms with Crippen molar-refractivity contribution in [3.05, 3.63) is 479 Å². The summed E-state index contributed by atoms with van der Waals surface area (Å²) in [6.07, 6.45) is 0. The van der Waals surface area contributed by atoms with Gasteiger partial charge in [-0.15, -0.1) is 0 Å². The van der Waals surface area contributed by atoms with Gasteiger partial charge in [-0.05, 0) is 137 Å². The molecule has 0 aliphatic carbocycles. The molecule has 10 heterocycles. The summed E-state index contributed by atoms with van der Waals surface area (Å²) in [5.41, 5.74) is 29.2. The maximum absolute atomic E-state index is 6.55. The molecule has 11 heteroatoms. The molecule has 0 saturated carbocycles. The lowest BCUT2D eigenvalue weighted by Crippen LogP contribution is -2.14. The molecule has 11 nitrogen and oxygen atoms in total. The van der Waals surface area contributed by atoms with Crippen molar-refractivity contribution in [2.75, 3.05) is 0 Å². The van der Waals surface area contributed by atoms with Crippen LogP contribution < -0.4 is 0 Å². The van der Waals surface area contributed by atoms with Crippen LogP contribution in [0.15, 0.2) is 479 Å². The fraction of sp³-hybridized carbons (Fsp3) is 0. The highest BCUT2D eigenvalue weighted by molar-refractivity contribution is 6.18. The van der Waals surface area contributed by atoms with E-state index in [1.165, 1.54) is 0 Å². The third-order valence-electron chi connectivity index (χ3n) is 28.0. The summed E-state index contributed by atoms with van der Waals surface area (Å²) < 4.78 is 14.6. The van der Waals surface area contributed by atoms with Gasteiger partial charge in [-0.3, -0.25) is 18.3 Å². The van der Waals surface area contributed by atoms with E-state index >= 15 is 0 Å². The Kier molecular flexibility index (Phi) is 17.8. The average Bonchev–Trinajstić information content (AvgIpc) is 1.51. The monoisotopic (exact) mass is 1760 g/mol. The minimum atomic E-state index is 0.514. The second-order valence-electron chi connectivity index (χ2n) is 35.6. The summed E-state index contributed by atoms with van der Waals surface area (Å²) in [5.74, 6) is 3.40. The summed E-state index contributed by atoms with van der Waals surface area (Å²) in [4.78, 5) is 31.3. The van der Waals surface area contributed by atoms with Crippen LogP contribution in [0.4, 0.5) is 0 Å². The molecule has 0 radical (unpaired) electrons. The Balaban J connectivity index is 0.726. The van der Waals surface area contributed by atoms with Crippen molar-refractivity contribution in [1.29, 1.82) is 0 Å². The number of benzene rings is 18. The Bertz CT molecular complexity index is 9520. The molecular formula is C127H79N11. The van der Waals surface area contributed by atoms with Crippen LogP contribution in [-0.4, -0.2) is 52.3 Å². The molecule has 0 unspecified atom stereocenters. The molecule has 28 aromatic rings. The van der Waals surface area contributed by atoms with Gasteiger partial charge >= 0.3 is 0 Å². The number of hydrogen-bond acceptors (Lipinski definition) is 5. The lowest BCUT2D eigenvalue weighted by Gasteiger charge is -2.26. The van der Waals surface area contributed by atoms with E-state index < -0.39 is 0 Å². The van der Waals surface area contributed by atoms with Crippen molar-refractivity contribution >= 4 is 131 Å². The molecule has 0 aliphatic rings. The first-order valence-electron chi connectivity index (χ1n) is 47.0. The van der Waals surface area contributed by atoms with Crippen LogP contribution >= 0.6 is 0 Å². The lowest BCUT2D eigenvalue weighted by molar-refractivity contribution is 0.982. The largest absolute Gasteiger partial charge is 0.305 e. The van der Waals surface area contributed by atoms with Crippen LogP contribution in [0.2, 0.25) is 0 Å². The van der Waals surface area contributed by atoms with Gasteiger partial charge in [-0.25, -0.2) is 24.9 Å². The van der Waals surface area contributed by atoms with Gasteiger partial charge < -0.3 is 9.13 Å². The van der Waals surface area contributed by atoms with Crippen molar-refractivity contribution in [2.24, 2.45) is 0 Å². The van der Waals surface area contributed by atoms with Gasteiger partial charge in [0.15, 0.2) is 17.5 Å². The fourth-order valence-corrected chi connectivity index (χ4v) is 22.1. The molecule has 0 bridgehead atoms. The Morgan fingerprint density at radius 1 is 0.123 bits per heavy atom. The first-order valence-corrected chi connectivity index (χ1v) is 47.0. The Morgan fingerprint density at radius 2 is 0.377 bits per heavy atom. The predicted molar refractivity (Wildman–Crippen MR) is 570 cm³/mol. The molecule has 0 atom stereocenters. The molecule has 138 heavy (non-hydrogen) atoms. The quantitative estimate of drug-likeness (QED) is 0.102. The van der Waals surface area contributed by atoms with Crippen molar-refractivity contribution in [3.63, 3.8) is 0 Å². The molecule has 0 spiro atoms. The molecule has 18 aromatic carbocycles. The van der Waals surface area contributed by atoms with E-state index in [1.807, 2.05) is 0 Å². The second-order valence-corrected chi connectivity index (χ2v) is 35.6. The van der Waals surface area contributed by atoms with Crippen molar-refractivity contribution < 1.29 is 0 Å². The van der Waals surface area contributed by atoms with E-state index in [9.17, 15) is 0 Å². The van der Waals surface area contributed by atoms with E-state index in [2.05, 4.69) is 507 Å². The maximum Gasteiger partial charge on any atom is 0.165 e. The van der Waals surface area contributed by atoms with Crippen LogP contribution in [0, 0.1) is 0 Å². The third-order valence-corrected chi connectivity index (χ3v) is 28.0. The third kappa shape index (κ3) is 12.2. The highest BCUT2D eigenvalue weighted by Gasteiger charge is 2.36. The number of nitrogens with zero attached hydrogens (tertiary/aromatic N) is 11. The van der Waals surface area contributed by atoms with E-state index in [0.29, 0.717) is 17.5 Å². The minimum Gasteiger partial charge on any atom is -0.305 e.